The van der Waals surface area contributed by atoms with E-state index < -0.39 is 31.6 Å². The standard InChI is InChI=1S/C17H24NO5P/c1-16(2,3)12-6-4-11(5-7-12)10-17(22,24-23)13(15(20)21)8-9-14(18)19/h4-7,13,22H,8-10H2,1-3H3,(H2,18,19)(H,20,21)/p+1. The second-order valence-electron chi connectivity index (χ2n) is 7.05. The fourth-order valence-electron chi connectivity index (χ4n) is 2.52. The van der Waals surface area contributed by atoms with E-state index >= 15 is 0 Å². The average Bonchev–Trinajstić information content (AvgIpc) is 2.46. The molecule has 0 saturated heterocycles. The molecule has 0 aliphatic heterocycles. The quantitative estimate of drug-likeness (QED) is 0.619. The van der Waals surface area contributed by atoms with E-state index in [4.69, 9.17) is 5.73 Å². The minimum absolute atomic E-state index is 0.0276. The second kappa shape index (κ2) is 7.86. The van der Waals surface area contributed by atoms with E-state index in [-0.39, 0.29) is 24.7 Å². The van der Waals surface area contributed by atoms with E-state index in [0.29, 0.717) is 5.56 Å². The third kappa shape index (κ3) is 5.39. The Morgan fingerprint density at radius 1 is 1.21 bits per heavy atom. The Morgan fingerprint density at radius 2 is 1.75 bits per heavy atom. The van der Waals surface area contributed by atoms with Gasteiger partial charge < -0.3 is 15.9 Å². The van der Waals surface area contributed by atoms with E-state index in [1.807, 2.05) is 12.1 Å². The van der Waals surface area contributed by atoms with Crippen molar-refractivity contribution < 1.29 is 24.4 Å². The third-order valence-corrected chi connectivity index (χ3v) is 4.90. The lowest BCUT2D eigenvalue weighted by Crippen LogP contribution is -2.40. The van der Waals surface area contributed by atoms with E-state index in [9.17, 15) is 24.4 Å². The molecular formula is C17H25NO5P+. The van der Waals surface area contributed by atoms with Crippen LogP contribution in [0.1, 0.15) is 44.7 Å². The summed E-state index contributed by atoms with van der Waals surface area (Å²) in [6, 6.07) is 7.39. The number of aliphatic carboxylic acids is 1. The first kappa shape index (κ1) is 20.3. The number of carbonyl (C=O) groups excluding carboxylic acids is 1. The molecule has 0 saturated carbocycles. The lowest BCUT2D eigenvalue weighted by molar-refractivity contribution is -0.147. The first-order valence-electron chi connectivity index (χ1n) is 7.72. The van der Waals surface area contributed by atoms with Gasteiger partial charge in [0, 0.05) is 12.8 Å². The molecule has 0 bridgehead atoms. The summed E-state index contributed by atoms with van der Waals surface area (Å²) in [5.41, 5.74) is 6.80. The largest absolute Gasteiger partial charge is 0.481 e. The molecule has 0 radical (unpaired) electrons. The molecule has 0 aromatic heterocycles. The Kier molecular flexibility index (Phi) is 6.64. The number of carboxylic acids is 1. The number of carbonyl (C=O) groups is 2. The van der Waals surface area contributed by atoms with Crippen LogP contribution in [-0.2, 0) is 26.0 Å². The Balaban J connectivity index is 3.02. The van der Waals surface area contributed by atoms with Gasteiger partial charge in [-0.15, -0.1) is 0 Å². The topological polar surface area (TPSA) is 118 Å². The molecule has 7 heteroatoms. The maximum absolute atomic E-state index is 11.6. The summed E-state index contributed by atoms with van der Waals surface area (Å²) >= 11 is 0. The number of amides is 1. The predicted molar refractivity (Wildman–Crippen MR) is 92.4 cm³/mol. The monoisotopic (exact) mass is 354 g/mol. The van der Waals surface area contributed by atoms with E-state index in [2.05, 4.69) is 20.8 Å². The molecule has 132 valence electrons. The maximum Gasteiger partial charge on any atom is 0.360 e. The average molecular weight is 354 g/mol. The number of hydrogen-bond acceptors (Lipinski definition) is 4. The van der Waals surface area contributed by atoms with Crippen molar-refractivity contribution in [2.75, 3.05) is 0 Å². The normalized spacial score (nSPS) is 15.7. The first-order chi connectivity index (χ1) is 11.0. The van der Waals surface area contributed by atoms with Crippen molar-refractivity contribution >= 4 is 20.3 Å². The van der Waals surface area contributed by atoms with Crippen LogP contribution < -0.4 is 5.73 Å². The molecule has 1 rings (SSSR count). The lowest BCUT2D eigenvalue weighted by Gasteiger charge is -2.23. The zero-order valence-electron chi connectivity index (χ0n) is 14.2. The van der Waals surface area contributed by atoms with Gasteiger partial charge in [-0.2, -0.15) is 0 Å². The van der Waals surface area contributed by atoms with Crippen molar-refractivity contribution in [1.82, 2.24) is 0 Å². The van der Waals surface area contributed by atoms with Crippen molar-refractivity contribution in [3.63, 3.8) is 0 Å². The molecule has 1 amide bonds. The fourth-order valence-corrected chi connectivity index (χ4v) is 3.20. The van der Waals surface area contributed by atoms with Crippen LogP contribution in [0.5, 0.6) is 0 Å². The van der Waals surface area contributed by atoms with Crippen LogP contribution in [0, 0.1) is 5.92 Å². The highest BCUT2D eigenvalue weighted by Crippen LogP contribution is 2.36. The Hall–Kier alpha value is -1.78. The van der Waals surface area contributed by atoms with Gasteiger partial charge in [0.1, 0.15) is 5.92 Å². The highest BCUT2D eigenvalue weighted by molar-refractivity contribution is 7.25. The summed E-state index contributed by atoms with van der Waals surface area (Å²) in [4.78, 5) is 22.4. The third-order valence-electron chi connectivity index (χ3n) is 4.02. The predicted octanol–water partition coefficient (Wildman–Crippen LogP) is 2.21. The van der Waals surface area contributed by atoms with Crippen molar-refractivity contribution in [2.24, 2.45) is 11.7 Å². The van der Waals surface area contributed by atoms with Crippen molar-refractivity contribution in [1.29, 1.82) is 0 Å². The van der Waals surface area contributed by atoms with E-state index in [1.54, 1.807) is 12.1 Å². The van der Waals surface area contributed by atoms with Gasteiger partial charge in [0.05, 0.1) is 0 Å². The van der Waals surface area contributed by atoms with Crippen molar-refractivity contribution in [3.8, 4) is 0 Å². The van der Waals surface area contributed by atoms with Crippen LogP contribution in [0.4, 0.5) is 0 Å². The Labute approximate surface area is 143 Å². The van der Waals surface area contributed by atoms with Crippen LogP contribution in [0.2, 0.25) is 0 Å². The van der Waals surface area contributed by atoms with Gasteiger partial charge in [-0.1, -0.05) is 49.6 Å². The molecule has 1 aromatic carbocycles. The molecule has 4 N–H and O–H groups in total. The summed E-state index contributed by atoms with van der Waals surface area (Å²) in [7, 11) is -1.24. The van der Waals surface area contributed by atoms with Crippen LogP contribution in [0.15, 0.2) is 24.3 Å². The molecule has 1 aromatic rings. The van der Waals surface area contributed by atoms with Gasteiger partial charge in [-0.05, 0) is 23.0 Å². The summed E-state index contributed by atoms with van der Waals surface area (Å²) < 4.78 is 11.6. The fraction of sp³-hybridized carbons (Fsp3) is 0.529. The molecule has 24 heavy (non-hydrogen) atoms. The van der Waals surface area contributed by atoms with Gasteiger partial charge in [-0.3, -0.25) is 9.59 Å². The summed E-state index contributed by atoms with van der Waals surface area (Å²) in [5, 5.41) is 18.0. The number of rotatable bonds is 8. The van der Waals surface area contributed by atoms with Crippen LogP contribution >= 0.6 is 8.46 Å². The summed E-state index contributed by atoms with van der Waals surface area (Å²) in [6.45, 7) is 6.21. The van der Waals surface area contributed by atoms with Crippen molar-refractivity contribution in [2.45, 2.75) is 50.8 Å². The number of carboxylic acid groups (broad SMARTS) is 1. The van der Waals surface area contributed by atoms with Gasteiger partial charge in [0.2, 0.25) is 5.91 Å². The summed E-state index contributed by atoms with van der Waals surface area (Å²) in [6.07, 6.45) is -0.418. The van der Waals surface area contributed by atoms with Gasteiger partial charge in [-0.25, -0.2) is 0 Å². The minimum Gasteiger partial charge on any atom is -0.481 e. The van der Waals surface area contributed by atoms with Crippen LogP contribution in [0.3, 0.4) is 0 Å². The minimum atomic E-state index is -1.94. The zero-order valence-corrected chi connectivity index (χ0v) is 15.2. The van der Waals surface area contributed by atoms with Crippen molar-refractivity contribution in [3.05, 3.63) is 35.4 Å². The molecular weight excluding hydrogens is 329 g/mol. The van der Waals surface area contributed by atoms with Gasteiger partial charge in [0.15, 0.2) is 0 Å². The maximum atomic E-state index is 11.6. The summed E-state index contributed by atoms with van der Waals surface area (Å²) in [5.74, 6) is -3.29. The highest BCUT2D eigenvalue weighted by atomic mass is 31.1. The van der Waals surface area contributed by atoms with E-state index in [1.165, 1.54) is 0 Å². The number of benzene rings is 1. The lowest BCUT2D eigenvalue weighted by atomic mass is 9.85. The van der Waals surface area contributed by atoms with Crippen LogP contribution in [-0.4, -0.2) is 27.4 Å². The molecule has 0 spiro atoms. The number of aliphatic hydroxyl groups is 1. The Bertz CT molecular complexity index is 608. The molecule has 0 aliphatic carbocycles. The van der Waals surface area contributed by atoms with Gasteiger partial charge in [0.25, 0.3) is 5.34 Å². The Morgan fingerprint density at radius 3 is 2.12 bits per heavy atom. The molecule has 3 unspecified atom stereocenters. The molecule has 6 nitrogen and oxygen atoms in total. The molecule has 0 heterocycles. The number of primary amides is 1. The smallest absolute Gasteiger partial charge is 0.360 e. The zero-order chi connectivity index (χ0) is 18.5. The van der Waals surface area contributed by atoms with Crippen LogP contribution in [0.25, 0.3) is 0 Å². The number of nitrogens with two attached hydrogens (primary N) is 1. The molecule has 0 fully saturated rings. The number of hydrogen-bond donors (Lipinski definition) is 3. The molecule has 0 aliphatic rings. The second-order valence-corrected chi connectivity index (χ2v) is 8.12. The van der Waals surface area contributed by atoms with Gasteiger partial charge >= 0.3 is 14.4 Å². The first-order valence-corrected chi connectivity index (χ1v) is 8.62. The highest BCUT2D eigenvalue weighted by Gasteiger charge is 2.49. The van der Waals surface area contributed by atoms with E-state index in [0.717, 1.165) is 5.56 Å². The SMILES string of the molecule is CC(C)(C)c1ccc(CC(O)([PH+]=O)C(CCC(N)=O)C(=O)O)cc1. The molecule has 3 atom stereocenters.